The molecule has 1 aromatic carbocycles. The van der Waals surface area contributed by atoms with Crippen molar-refractivity contribution in [1.82, 2.24) is 0 Å². The summed E-state index contributed by atoms with van der Waals surface area (Å²) in [5.41, 5.74) is 1.38. The van der Waals surface area contributed by atoms with Crippen LogP contribution in [0.3, 0.4) is 0 Å². The van der Waals surface area contributed by atoms with Gasteiger partial charge in [0.25, 0.3) is 0 Å². The average Bonchev–Trinajstić information content (AvgIpc) is 2.36. The third kappa shape index (κ3) is 4.03. The van der Waals surface area contributed by atoms with E-state index in [0.29, 0.717) is 35.9 Å². The highest BCUT2D eigenvalue weighted by Gasteiger charge is 1.99. The fourth-order valence-corrected chi connectivity index (χ4v) is 1.29. The molecule has 0 aliphatic rings. The van der Waals surface area contributed by atoms with Crippen LogP contribution in [0.25, 0.3) is 6.08 Å². The van der Waals surface area contributed by atoms with Crippen LogP contribution in [0.15, 0.2) is 24.3 Å². The van der Waals surface area contributed by atoms with Gasteiger partial charge in [0.15, 0.2) is 0 Å². The Balaban J connectivity index is 2.93. The SMILES string of the molecule is CCOC(=O)C=Cc1cc(C=O)cc(C=O)c1. The van der Waals surface area contributed by atoms with Crippen LogP contribution in [0.2, 0.25) is 0 Å². The van der Waals surface area contributed by atoms with Crippen LogP contribution >= 0.6 is 0 Å². The fourth-order valence-electron chi connectivity index (χ4n) is 1.29. The highest BCUT2D eigenvalue weighted by Crippen LogP contribution is 2.09. The molecule has 0 heterocycles. The number of ether oxygens (including phenoxy) is 1. The highest BCUT2D eigenvalue weighted by atomic mass is 16.5. The maximum atomic E-state index is 11.1. The second kappa shape index (κ2) is 6.37. The molecular weight excluding hydrogens is 220 g/mol. The molecule has 1 aromatic rings. The Bertz CT molecular complexity index is 434. The zero-order valence-corrected chi connectivity index (χ0v) is 9.38. The van der Waals surface area contributed by atoms with E-state index in [-0.39, 0.29) is 0 Å². The normalized spacial score (nSPS) is 10.2. The van der Waals surface area contributed by atoms with Crippen LogP contribution in [-0.4, -0.2) is 25.1 Å². The summed E-state index contributed by atoms with van der Waals surface area (Å²) >= 11 is 0. The zero-order chi connectivity index (χ0) is 12.7. The first kappa shape index (κ1) is 12.8. The molecule has 0 N–H and O–H groups in total. The molecule has 0 saturated heterocycles. The van der Waals surface area contributed by atoms with Crippen molar-refractivity contribution in [3.05, 3.63) is 41.0 Å². The Kier molecular flexibility index (Phi) is 4.81. The molecule has 0 spiro atoms. The van der Waals surface area contributed by atoms with Crippen molar-refractivity contribution in [2.24, 2.45) is 0 Å². The van der Waals surface area contributed by atoms with E-state index in [1.807, 2.05) is 0 Å². The van der Waals surface area contributed by atoms with E-state index in [0.717, 1.165) is 0 Å². The minimum Gasteiger partial charge on any atom is -0.463 e. The second-order valence-corrected chi connectivity index (χ2v) is 3.25. The average molecular weight is 232 g/mol. The summed E-state index contributed by atoms with van der Waals surface area (Å²) < 4.78 is 4.71. The number of carbonyl (C=O) groups is 3. The first-order valence-electron chi connectivity index (χ1n) is 5.10. The molecule has 0 bridgehead atoms. The van der Waals surface area contributed by atoms with Crippen LogP contribution in [-0.2, 0) is 9.53 Å². The lowest BCUT2D eigenvalue weighted by atomic mass is 10.1. The zero-order valence-electron chi connectivity index (χ0n) is 9.38. The maximum absolute atomic E-state index is 11.1. The number of aldehydes is 2. The van der Waals surface area contributed by atoms with Gasteiger partial charge in [0.05, 0.1) is 6.61 Å². The van der Waals surface area contributed by atoms with Gasteiger partial charge in [0.1, 0.15) is 12.6 Å². The third-order valence-corrected chi connectivity index (χ3v) is 1.97. The van der Waals surface area contributed by atoms with Gasteiger partial charge in [-0.25, -0.2) is 4.79 Å². The van der Waals surface area contributed by atoms with Gasteiger partial charge >= 0.3 is 5.97 Å². The summed E-state index contributed by atoms with van der Waals surface area (Å²) in [7, 11) is 0. The van der Waals surface area contributed by atoms with E-state index in [1.165, 1.54) is 18.2 Å². The van der Waals surface area contributed by atoms with Gasteiger partial charge in [-0.05, 0) is 36.8 Å². The molecule has 4 nitrogen and oxygen atoms in total. The Morgan fingerprint density at radius 3 is 2.12 bits per heavy atom. The monoisotopic (exact) mass is 232 g/mol. The van der Waals surface area contributed by atoms with E-state index in [9.17, 15) is 14.4 Å². The lowest BCUT2D eigenvalue weighted by molar-refractivity contribution is -0.137. The maximum Gasteiger partial charge on any atom is 0.330 e. The molecule has 0 unspecified atom stereocenters. The molecule has 4 heteroatoms. The summed E-state index contributed by atoms with van der Waals surface area (Å²) in [6.07, 6.45) is 4.05. The summed E-state index contributed by atoms with van der Waals surface area (Å²) in [5.74, 6) is -0.461. The van der Waals surface area contributed by atoms with Gasteiger partial charge in [-0.15, -0.1) is 0 Å². The Morgan fingerprint density at radius 2 is 1.65 bits per heavy atom. The predicted octanol–water partition coefficient (Wildman–Crippen LogP) is 1.89. The standard InChI is InChI=1S/C13H12O4/c1-2-17-13(16)4-3-10-5-11(8-14)7-12(6-10)9-15/h3-9H,2H2,1H3. The van der Waals surface area contributed by atoms with Gasteiger partial charge in [-0.1, -0.05) is 0 Å². The van der Waals surface area contributed by atoms with E-state index in [2.05, 4.69) is 0 Å². The van der Waals surface area contributed by atoms with Crippen molar-refractivity contribution in [3.63, 3.8) is 0 Å². The van der Waals surface area contributed by atoms with Crippen LogP contribution in [0, 0.1) is 0 Å². The Labute approximate surface area is 98.9 Å². The van der Waals surface area contributed by atoms with Gasteiger partial charge in [-0.3, -0.25) is 9.59 Å². The quantitative estimate of drug-likeness (QED) is 0.442. The van der Waals surface area contributed by atoms with Crippen LogP contribution in [0.1, 0.15) is 33.2 Å². The van der Waals surface area contributed by atoms with Crippen LogP contribution < -0.4 is 0 Å². The fraction of sp³-hybridized carbons (Fsp3) is 0.154. The molecule has 0 atom stereocenters. The van der Waals surface area contributed by atoms with E-state index < -0.39 is 5.97 Å². The number of esters is 1. The van der Waals surface area contributed by atoms with Gasteiger partial charge in [-0.2, -0.15) is 0 Å². The summed E-state index contributed by atoms with van der Waals surface area (Å²) in [6.45, 7) is 2.01. The predicted molar refractivity (Wildman–Crippen MR) is 62.9 cm³/mol. The number of rotatable bonds is 5. The number of hydrogen-bond acceptors (Lipinski definition) is 4. The molecule has 0 aromatic heterocycles. The van der Waals surface area contributed by atoms with E-state index >= 15 is 0 Å². The molecule has 0 radical (unpaired) electrons. The molecule has 0 amide bonds. The van der Waals surface area contributed by atoms with Gasteiger partial charge in [0.2, 0.25) is 0 Å². The lowest BCUT2D eigenvalue weighted by Crippen LogP contribution is -1.98. The molecular formula is C13H12O4. The molecule has 0 aliphatic carbocycles. The summed E-state index contributed by atoms with van der Waals surface area (Å²) in [6, 6.07) is 4.63. The number of hydrogen-bond donors (Lipinski definition) is 0. The second-order valence-electron chi connectivity index (χ2n) is 3.25. The first-order chi connectivity index (χ1) is 8.19. The number of carbonyl (C=O) groups excluding carboxylic acids is 3. The molecule has 17 heavy (non-hydrogen) atoms. The van der Waals surface area contributed by atoms with Crippen molar-refractivity contribution >= 4 is 24.6 Å². The first-order valence-corrected chi connectivity index (χ1v) is 5.10. The molecule has 0 fully saturated rings. The minimum absolute atomic E-state index is 0.303. The smallest absolute Gasteiger partial charge is 0.330 e. The van der Waals surface area contributed by atoms with E-state index in [4.69, 9.17) is 4.74 Å². The Hall–Kier alpha value is -2.23. The number of benzene rings is 1. The molecule has 88 valence electrons. The van der Waals surface area contributed by atoms with Crippen molar-refractivity contribution in [2.75, 3.05) is 6.61 Å². The summed E-state index contributed by atoms with van der Waals surface area (Å²) in [5, 5.41) is 0. The molecule has 0 aliphatic heterocycles. The molecule has 1 rings (SSSR count). The van der Waals surface area contributed by atoms with Crippen molar-refractivity contribution in [3.8, 4) is 0 Å². The van der Waals surface area contributed by atoms with Crippen LogP contribution in [0.4, 0.5) is 0 Å². The lowest BCUT2D eigenvalue weighted by Gasteiger charge is -1.98. The molecule has 0 saturated carbocycles. The highest BCUT2D eigenvalue weighted by molar-refractivity contribution is 5.89. The van der Waals surface area contributed by atoms with Gasteiger partial charge < -0.3 is 4.74 Å². The van der Waals surface area contributed by atoms with Crippen molar-refractivity contribution in [2.45, 2.75) is 6.92 Å². The largest absolute Gasteiger partial charge is 0.463 e. The van der Waals surface area contributed by atoms with Crippen molar-refractivity contribution in [1.29, 1.82) is 0 Å². The van der Waals surface area contributed by atoms with Gasteiger partial charge in [0, 0.05) is 17.2 Å². The topological polar surface area (TPSA) is 60.4 Å². The minimum atomic E-state index is -0.461. The van der Waals surface area contributed by atoms with E-state index in [1.54, 1.807) is 19.1 Å². The van der Waals surface area contributed by atoms with Crippen molar-refractivity contribution < 1.29 is 19.1 Å². The third-order valence-electron chi connectivity index (χ3n) is 1.97. The summed E-state index contributed by atoms with van der Waals surface area (Å²) in [4.78, 5) is 32.3. The Morgan fingerprint density at radius 1 is 1.12 bits per heavy atom. The van der Waals surface area contributed by atoms with Crippen LogP contribution in [0.5, 0.6) is 0 Å².